The molecule has 0 aliphatic carbocycles. The van der Waals surface area contributed by atoms with Gasteiger partial charge >= 0.3 is 11.9 Å². The second kappa shape index (κ2) is 6.51. The number of ether oxygens (including phenoxy) is 1. The summed E-state index contributed by atoms with van der Waals surface area (Å²) in [5, 5.41) is 28.2. The van der Waals surface area contributed by atoms with E-state index >= 15 is 0 Å². The number of rotatable bonds is 5. The molecule has 104 valence electrons. The lowest BCUT2D eigenvalue weighted by molar-refractivity contribution is -0.159. The zero-order valence-electron chi connectivity index (χ0n) is 10.0. The highest BCUT2D eigenvalue weighted by atomic mass is 35.5. The van der Waals surface area contributed by atoms with E-state index in [0.717, 1.165) is 6.07 Å². The molecule has 6 nitrogen and oxygen atoms in total. The van der Waals surface area contributed by atoms with Gasteiger partial charge in [-0.15, -0.1) is 0 Å². The van der Waals surface area contributed by atoms with E-state index in [0.29, 0.717) is 0 Å². The van der Waals surface area contributed by atoms with Crippen LogP contribution in [0.1, 0.15) is 28.9 Å². The normalized spacial score (nSPS) is 13.7. The van der Waals surface area contributed by atoms with E-state index in [4.69, 9.17) is 16.7 Å². The number of halogens is 1. The third-order valence-corrected chi connectivity index (χ3v) is 2.72. The van der Waals surface area contributed by atoms with Gasteiger partial charge in [-0.3, -0.25) is 0 Å². The summed E-state index contributed by atoms with van der Waals surface area (Å²) in [5.74, 6) is -2.26. The van der Waals surface area contributed by atoms with E-state index < -0.39 is 24.1 Å². The molecule has 0 saturated carbocycles. The van der Waals surface area contributed by atoms with E-state index in [1.165, 1.54) is 12.1 Å². The Bertz CT molecular complexity index is 487. The molecular formula is C12H13ClO6. The lowest BCUT2D eigenvalue weighted by Crippen LogP contribution is -2.30. The summed E-state index contributed by atoms with van der Waals surface area (Å²) in [6.07, 6.45) is -3.38. The van der Waals surface area contributed by atoms with Gasteiger partial charge in [-0.25, -0.2) is 9.59 Å². The van der Waals surface area contributed by atoms with Gasteiger partial charge in [0, 0.05) is 0 Å². The number of aromatic carboxylic acids is 1. The highest BCUT2D eigenvalue weighted by Gasteiger charge is 2.27. The number of hydrogen-bond donors (Lipinski definition) is 3. The van der Waals surface area contributed by atoms with Gasteiger partial charge in [-0.1, -0.05) is 17.7 Å². The summed E-state index contributed by atoms with van der Waals surface area (Å²) in [6.45, 7) is 1.62. The molecule has 1 aromatic rings. The Hall–Kier alpha value is -1.63. The molecule has 0 aliphatic rings. The van der Waals surface area contributed by atoms with E-state index in [1.54, 1.807) is 6.92 Å². The number of esters is 1. The average Bonchev–Trinajstić information content (AvgIpc) is 2.37. The fourth-order valence-electron chi connectivity index (χ4n) is 1.43. The molecule has 0 aromatic heterocycles. The van der Waals surface area contributed by atoms with Crippen molar-refractivity contribution in [1.82, 2.24) is 0 Å². The smallest absolute Gasteiger partial charge is 0.338 e. The second-order valence-electron chi connectivity index (χ2n) is 3.69. The summed E-state index contributed by atoms with van der Waals surface area (Å²) in [5.41, 5.74) is -0.170. The third-order valence-electron chi connectivity index (χ3n) is 2.39. The van der Waals surface area contributed by atoms with Crippen LogP contribution >= 0.6 is 11.6 Å². The molecule has 2 atom stereocenters. The fraction of sp³-hybridized carbons (Fsp3) is 0.333. The van der Waals surface area contributed by atoms with Crippen molar-refractivity contribution in [3.63, 3.8) is 0 Å². The minimum atomic E-state index is -1.79. The van der Waals surface area contributed by atoms with Gasteiger partial charge in [0.2, 0.25) is 0 Å². The standard InChI is InChI=1S/C12H13ClO6/c1-2-19-12(18)10(15)9(14)6-3-4-8(13)7(5-6)11(16)17/h3-5,9-10,14-15H,2H2,1H3,(H,16,17). The van der Waals surface area contributed by atoms with Gasteiger partial charge in [0.25, 0.3) is 0 Å². The first kappa shape index (κ1) is 15.4. The molecule has 0 spiro atoms. The molecule has 0 amide bonds. The van der Waals surface area contributed by atoms with E-state index in [2.05, 4.69) is 4.74 Å². The van der Waals surface area contributed by atoms with Crippen molar-refractivity contribution >= 4 is 23.5 Å². The number of carbonyl (C=O) groups is 2. The lowest BCUT2D eigenvalue weighted by atomic mass is 10.0. The summed E-state index contributed by atoms with van der Waals surface area (Å²) in [4.78, 5) is 22.2. The van der Waals surface area contributed by atoms with Crippen LogP contribution in [0.15, 0.2) is 18.2 Å². The quantitative estimate of drug-likeness (QED) is 0.698. The first-order valence-corrected chi connectivity index (χ1v) is 5.81. The SMILES string of the molecule is CCOC(=O)C(O)C(O)c1ccc(Cl)c(C(=O)O)c1. The minimum Gasteiger partial charge on any atom is -0.478 e. The summed E-state index contributed by atoms with van der Waals surface area (Å²) >= 11 is 5.67. The number of carboxylic acid groups (broad SMARTS) is 1. The maximum atomic E-state index is 11.3. The average molecular weight is 289 g/mol. The van der Waals surface area contributed by atoms with Crippen LogP contribution in [0.3, 0.4) is 0 Å². The van der Waals surface area contributed by atoms with Crippen molar-refractivity contribution in [2.75, 3.05) is 6.61 Å². The predicted octanol–water partition coefficient (Wildman–Crippen LogP) is 0.996. The van der Waals surface area contributed by atoms with Crippen molar-refractivity contribution in [1.29, 1.82) is 0 Å². The second-order valence-corrected chi connectivity index (χ2v) is 4.09. The topological polar surface area (TPSA) is 104 Å². The molecule has 0 heterocycles. The third kappa shape index (κ3) is 3.66. The van der Waals surface area contributed by atoms with Gasteiger partial charge in [-0.05, 0) is 24.6 Å². The Morgan fingerprint density at radius 1 is 1.37 bits per heavy atom. The molecule has 7 heteroatoms. The van der Waals surface area contributed by atoms with Crippen LogP contribution in [0.5, 0.6) is 0 Å². The van der Waals surface area contributed by atoms with Crippen LogP contribution < -0.4 is 0 Å². The number of benzene rings is 1. The Balaban J connectivity index is 3.00. The molecule has 0 fully saturated rings. The zero-order valence-corrected chi connectivity index (χ0v) is 10.8. The van der Waals surface area contributed by atoms with Gasteiger partial charge in [0.05, 0.1) is 17.2 Å². The number of aliphatic hydroxyl groups is 2. The van der Waals surface area contributed by atoms with Crippen molar-refractivity contribution in [3.8, 4) is 0 Å². The van der Waals surface area contributed by atoms with Crippen LogP contribution in [0.25, 0.3) is 0 Å². The zero-order chi connectivity index (χ0) is 14.6. The van der Waals surface area contributed by atoms with Crippen molar-refractivity contribution in [2.45, 2.75) is 19.1 Å². The molecular weight excluding hydrogens is 276 g/mol. The highest BCUT2D eigenvalue weighted by Crippen LogP contribution is 2.24. The summed E-state index contributed by atoms with van der Waals surface area (Å²) in [6, 6.07) is 3.68. The first-order chi connectivity index (χ1) is 8.88. The Kier molecular flexibility index (Phi) is 5.29. The number of hydrogen-bond acceptors (Lipinski definition) is 5. The van der Waals surface area contributed by atoms with Gasteiger partial charge in [-0.2, -0.15) is 0 Å². The number of aliphatic hydroxyl groups excluding tert-OH is 2. The minimum absolute atomic E-state index is 0.00549. The molecule has 0 aliphatic heterocycles. The van der Waals surface area contributed by atoms with Gasteiger partial charge in [0.15, 0.2) is 6.10 Å². The Morgan fingerprint density at radius 3 is 2.53 bits per heavy atom. The highest BCUT2D eigenvalue weighted by molar-refractivity contribution is 6.33. The number of carbonyl (C=O) groups excluding carboxylic acids is 1. The molecule has 0 saturated heterocycles. The summed E-state index contributed by atoms with van der Waals surface area (Å²) < 4.78 is 4.56. The van der Waals surface area contributed by atoms with Crippen LogP contribution in [0.4, 0.5) is 0 Å². The van der Waals surface area contributed by atoms with Crippen LogP contribution in [0, 0.1) is 0 Å². The summed E-state index contributed by atoms with van der Waals surface area (Å²) in [7, 11) is 0. The van der Waals surface area contributed by atoms with E-state index in [9.17, 15) is 19.8 Å². The van der Waals surface area contributed by atoms with Crippen LogP contribution in [-0.4, -0.2) is 40.0 Å². The Labute approximate surface area is 114 Å². The maximum Gasteiger partial charge on any atom is 0.338 e. The monoisotopic (exact) mass is 288 g/mol. The van der Waals surface area contributed by atoms with Gasteiger partial charge in [0.1, 0.15) is 6.10 Å². The van der Waals surface area contributed by atoms with Crippen molar-refractivity contribution in [3.05, 3.63) is 34.3 Å². The molecule has 0 radical (unpaired) electrons. The van der Waals surface area contributed by atoms with Gasteiger partial charge < -0.3 is 20.1 Å². The molecule has 0 bridgehead atoms. The maximum absolute atomic E-state index is 11.3. The molecule has 19 heavy (non-hydrogen) atoms. The molecule has 1 rings (SSSR count). The van der Waals surface area contributed by atoms with Crippen molar-refractivity contribution < 1.29 is 29.6 Å². The van der Waals surface area contributed by atoms with E-state index in [-0.39, 0.29) is 22.8 Å². The largest absolute Gasteiger partial charge is 0.478 e. The van der Waals surface area contributed by atoms with E-state index in [1.807, 2.05) is 0 Å². The molecule has 3 N–H and O–H groups in total. The number of carboxylic acids is 1. The Morgan fingerprint density at radius 2 is 2.00 bits per heavy atom. The van der Waals surface area contributed by atoms with Crippen LogP contribution in [-0.2, 0) is 9.53 Å². The molecule has 2 unspecified atom stereocenters. The van der Waals surface area contributed by atoms with Crippen LogP contribution in [0.2, 0.25) is 5.02 Å². The first-order valence-electron chi connectivity index (χ1n) is 5.44. The van der Waals surface area contributed by atoms with Crippen molar-refractivity contribution in [2.24, 2.45) is 0 Å². The fourth-order valence-corrected chi connectivity index (χ4v) is 1.63. The lowest BCUT2D eigenvalue weighted by Gasteiger charge is -2.17. The molecule has 1 aromatic carbocycles. The predicted molar refractivity (Wildman–Crippen MR) is 66.0 cm³/mol.